The maximum Gasteiger partial charge on any atom is 0.326 e. The Balaban J connectivity index is 2.74. The normalized spacial score (nSPS) is 12.2. The Labute approximate surface area is 93.5 Å². The third-order valence-corrected chi connectivity index (χ3v) is 2.16. The van der Waals surface area contributed by atoms with Gasteiger partial charge >= 0.3 is 5.97 Å². The molecule has 0 aromatic carbocycles. The highest BCUT2D eigenvalue weighted by Gasteiger charge is 2.23. The SMILES string of the molecule is CC(C)[C@H](NC(=O)c1ccncc1)C(=O)O. The fraction of sp³-hybridized carbons (Fsp3) is 0.364. The van der Waals surface area contributed by atoms with Gasteiger partial charge in [0.2, 0.25) is 0 Å². The smallest absolute Gasteiger partial charge is 0.326 e. The molecule has 1 heterocycles. The number of rotatable bonds is 4. The van der Waals surface area contributed by atoms with E-state index in [-0.39, 0.29) is 5.92 Å². The van der Waals surface area contributed by atoms with Gasteiger partial charge in [0, 0.05) is 18.0 Å². The van der Waals surface area contributed by atoms with E-state index in [1.54, 1.807) is 13.8 Å². The van der Waals surface area contributed by atoms with Gasteiger partial charge in [-0.25, -0.2) is 4.79 Å². The topological polar surface area (TPSA) is 79.3 Å². The van der Waals surface area contributed by atoms with E-state index >= 15 is 0 Å². The fourth-order valence-electron chi connectivity index (χ4n) is 1.24. The molecule has 5 nitrogen and oxygen atoms in total. The van der Waals surface area contributed by atoms with E-state index in [9.17, 15) is 9.59 Å². The number of carboxylic acids is 1. The van der Waals surface area contributed by atoms with Crippen molar-refractivity contribution in [3.63, 3.8) is 0 Å². The van der Waals surface area contributed by atoms with Crippen molar-refractivity contribution in [3.05, 3.63) is 30.1 Å². The third-order valence-electron chi connectivity index (χ3n) is 2.16. The summed E-state index contributed by atoms with van der Waals surface area (Å²) in [6, 6.07) is 2.20. The zero-order valence-corrected chi connectivity index (χ0v) is 9.18. The zero-order valence-electron chi connectivity index (χ0n) is 9.18. The van der Waals surface area contributed by atoms with Crippen molar-refractivity contribution in [2.45, 2.75) is 19.9 Å². The van der Waals surface area contributed by atoms with E-state index in [0.29, 0.717) is 5.56 Å². The summed E-state index contributed by atoms with van der Waals surface area (Å²) in [5.74, 6) is -1.59. The molecular formula is C11H14N2O3. The van der Waals surface area contributed by atoms with Crippen molar-refractivity contribution >= 4 is 11.9 Å². The Bertz CT molecular complexity index is 376. The van der Waals surface area contributed by atoms with Crippen molar-refractivity contribution < 1.29 is 14.7 Å². The second-order valence-electron chi connectivity index (χ2n) is 3.77. The van der Waals surface area contributed by atoms with E-state index in [4.69, 9.17) is 5.11 Å². The first kappa shape index (κ1) is 12.2. The molecule has 1 atom stereocenters. The number of carboxylic acid groups (broad SMARTS) is 1. The summed E-state index contributed by atoms with van der Waals surface area (Å²) in [5, 5.41) is 11.4. The van der Waals surface area contributed by atoms with Gasteiger partial charge in [-0.1, -0.05) is 13.8 Å². The largest absolute Gasteiger partial charge is 0.480 e. The van der Waals surface area contributed by atoms with E-state index in [1.165, 1.54) is 24.5 Å². The number of nitrogens with one attached hydrogen (secondary N) is 1. The first-order valence-electron chi connectivity index (χ1n) is 4.96. The van der Waals surface area contributed by atoms with Gasteiger partial charge < -0.3 is 10.4 Å². The second-order valence-corrected chi connectivity index (χ2v) is 3.77. The number of amides is 1. The molecule has 1 rings (SSSR count). The maximum atomic E-state index is 11.7. The number of pyridine rings is 1. The van der Waals surface area contributed by atoms with Gasteiger partial charge in [0.15, 0.2) is 0 Å². The van der Waals surface area contributed by atoms with Crippen molar-refractivity contribution in [3.8, 4) is 0 Å². The highest BCUT2D eigenvalue weighted by molar-refractivity contribution is 5.96. The Kier molecular flexibility index (Phi) is 3.99. The fourth-order valence-corrected chi connectivity index (χ4v) is 1.24. The van der Waals surface area contributed by atoms with Crippen LogP contribution < -0.4 is 5.32 Å². The molecule has 0 unspecified atom stereocenters. The lowest BCUT2D eigenvalue weighted by Gasteiger charge is -2.17. The first-order valence-corrected chi connectivity index (χ1v) is 4.96. The minimum Gasteiger partial charge on any atom is -0.480 e. The molecule has 1 aromatic heterocycles. The summed E-state index contributed by atoms with van der Waals surface area (Å²) in [7, 11) is 0. The first-order chi connectivity index (χ1) is 7.52. The Morgan fingerprint density at radius 1 is 1.31 bits per heavy atom. The van der Waals surface area contributed by atoms with Crippen molar-refractivity contribution in [2.75, 3.05) is 0 Å². The minimum absolute atomic E-state index is 0.164. The minimum atomic E-state index is -1.03. The number of hydrogen-bond acceptors (Lipinski definition) is 3. The maximum absolute atomic E-state index is 11.7. The van der Waals surface area contributed by atoms with Gasteiger partial charge in [0.05, 0.1) is 0 Å². The summed E-state index contributed by atoms with van der Waals surface area (Å²) < 4.78 is 0. The molecule has 0 aliphatic rings. The van der Waals surface area contributed by atoms with Crippen LogP contribution >= 0.6 is 0 Å². The van der Waals surface area contributed by atoms with Crippen molar-refractivity contribution in [1.29, 1.82) is 0 Å². The predicted octanol–water partition coefficient (Wildman–Crippen LogP) is 0.921. The van der Waals surface area contributed by atoms with Gasteiger partial charge in [0.1, 0.15) is 6.04 Å². The van der Waals surface area contributed by atoms with Gasteiger partial charge in [-0.3, -0.25) is 9.78 Å². The van der Waals surface area contributed by atoms with Crippen LogP contribution in [-0.2, 0) is 4.79 Å². The molecular weight excluding hydrogens is 208 g/mol. The predicted molar refractivity (Wildman–Crippen MR) is 58.0 cm³/mol. The van der Waals surface area contributed by atoms with E-state index in [0.717, 1.165) is 0 Å². The number of nitrogens with zero attached hydrogens (tertiary/aromatic N) is 1. The lowest BCUT2D eigenvalue weighted by Crippen LogP contribution is -2.44. The zero-order chi connectivity index (χ0) is 12.1. The number of aromatic nitrogens is 1. The summed E-state index contributed by atoms with van der Waals surface area (Å²) in [4.78, 5) is 26.3. The van der Waals surface area contributed by atoms with Crippen LogP contribution in [0.15, 0.2) is 24.5 Å². The van der Waals surface area contributed by atoms with Gasteiger partial charge in [-0.2, -0.15) is 0 Å². The molecule has 16 heavy (non-hydrogen) atoms. The number of hydrogen-bond donors (Lipinski definition) is 2. The average molecular weight is 222 g/mol. The molecule has 0 aliphatic carbocycles. The molecule has 0 fully saturated rings. The summed E-state index contributed by atoms with van der Waals surface area (Å²) >= 11 is 0. The van der Waals surface area contributed by atoms with E-state index in [1.807, 2.05) is 0 Å². The lowest BCUT2D eigenvalue weighted by molar-refractivity contribution is -0.140. The molecule has 0 spiro atoms. The molecule has 1 amide bonds. The Morgan fingerprint density at radius 3 is 2.31 bits per heavy atom. The Hall–Kier alpha value is -1.91. The van der Waals surface area contributed by atoms with Gasteiger partial charge in [0.25, 0.3) is 5.91 Å². The number of aliphatic carboxylic acids is 1. The van der Waals surface area contributed by atoms with Crippen LogP contribution in [0, 0.1) is 5.92 Å². The molecule has 1 aromatic rings. The molecule has 0 saturated carbocycles. The molecule has 0 saturated heterocycles. The van der Waals surface area contributed by atoms with Gasteiger partial charge in [-0.15, -0.1) is 0 Å². The van der Waals surface area contributed by atoms with E-state index < -0.39 is 17.9 Å². The highest BCUT2D eigenvalue weighted by Crippen LogP contribution is 2.04. The van der Waals surface area contributed by atoms with Crippen LogP contribution in [0.2, 0.25) is 0 Å². The van der Waals surface area contributed by atoms with Crippen LogP contribution in [0.1, 0.15) is 24.2 Å². The van der Waals surface area contributed by atoms with Crippen molar-refractivity contribution in [2.24, 2.45) is 5.92 Å². The van der Waals surface area contributed by atoms with Crippen LogP contribution in [0.5, 0.6) is 0 Å². The molecule has 2 N–H and O–H groups in total. The standard InChI is InChI=1S/C11H14N2O3/c1-7(2)9(11(15)16)13-10(14)8-3-5-12-6-4-8/h3-7,9H,1-2H3,(H,13,14)(H,15,16)/t9-/m0/s1. The number of carbonyl (C=O) groups excluding carboxylic acids is 1. The van der Waals surface area contributed by atoms with E-state index in [2.05, 4.69) is 10.3 Å². The molecule has 0 radical (unpaired) electrons. The summed E-state index contributed by atoms with van der Waals surface area (Å²) in [5.41, 5.74) is 0.405. The van der Waals surface area contributed by atoms with Crippen LogP contribution in [0.4, 0.5) is 0 Å². The highest BCUT2D eigenvalue weighted by atomic mass is 16.4. The molecule has 86 valence electrons. The quantitative estimate of drug-likeness (QED) is 0.794. The second kappa shape index (κ2) is 5.25. The molecule has 5 heteroatoms. The lowest BCUT2D eigenvalue weighted by atomic mass is 10.0. The average Bonchev–Trinajstić information content (AvgIpc) is 2.25. The molecule has 0 bridgehead atoms. The third kappa shape index (κ3) is 3.05. The van der Waals surface area contributed by atoms with Crippen LogP contribution in [0.3, 0.4) is 0 Å². The summed E-state index contributed by atoms with van der Waals surface area (Å²) in [6.07, 6.45) is 2.97. The Morgan fingerprint density at radius 2 is 1.88 bits per heavy atom. The monoisotopic (exact) mass is 222 g/mol. The van der Waals surface area contributed by atoms with Crippen LogP contribution in [-0.4, -0.2) is 28.0 Å². The summed E-state index contributed by atoms with van der Waals surface area (Å²) in [6.45, 7) is 3.48. The number of carbonyl (C=O) groups is 2. The van der Waals surface area contributed by atoms with Crippen molar-refractivity contribution in [1.82, 2.24) is 10.3 Å². The molecule has 0 aliphatic heterocycles. The van der Waals surface area contributed by atoms with Gasteiger partial charge in [-0.05, 0) is 18.1 Å². The van der Waals surface area contributed by atoms with Crippen LogP contribution in [0.25, 0.3) is 0 Å².